The highest BCUT2D eigenvalue weighted by atomic mass is 35.5. The number of hydrogen-bond acceptors (Lipinski definition) is 1. The Hall–Kier alpha value is -1.02. The Morgan fingerprint density at radius 3 is 2.71 bits per heavy atom. The Kier molecular flexibility index (Phi) is 5.49. The molecular weight excluding hydrogens is 234 g/mol. The SMILES string of the molecule is Cc1cccc(C(=O)NCC(Cl)CC(C)C)c1. The van der Waals surface area contributed by atoms with E-state index in [4.69, 9.17) is 11.6 Å². The minimum atomic E-state index is -0.0527. The number of aryl methyl sites for hydroxylation is 1. The van der Waals surface area contributed by atoms with Gasteiger partial charge in [0.2, 0.25) is 0 Å². The summed E-state index contributed by atoms with van der Waals surface area (Å²) in [7, 11) is 0. The molecule has 1 rings (SSSR count). The molecule has 0 aliphatic rings. The largest absolute Gasteiger partial charge is 0.351 e. The minimum Gasteiger partial charge on any atom is -0.351 e. The second-order valence-corrected chi connectivity index (χ2v) is 5.42. The summed E-state index contributed by atoms with van der Waals surface area (Å²) in [6.45, 7) is 6.74. The molecule has 1 atom stereocenters. The van der Waals surface area contributed by atoms with Crippen molar-refractivity contribution >= 4 is 17.5 Å². The molecule has 1 amide bonds. The number of amides is 1. The van der Waals surface area contributed by atoms with Crippen LogP contribution >= 0.6 is 11.6 Å². The van der Waals surface area contributed by atoms with E-state index < -0.39 is 0 Å². The van der Waals surface area contributed by atoms with Gasteiger partial charge >= 0.3 is 0 Å². The first kappa shape index (κ1) is 14.0. The Balaban J connectivity index is 2.45. The van der Waals surface area contributed by atoms with E-state index in [2.05, 4.69) is 19.2 Å². The number of carbonyl (C=O) groups excluding carboxylic acids is 1. The van der Waals surface area contributed by atoms with E-state index in [9.17, 15) is 4.79 Å². The monoisotopic (exact) mass is 253 g/mol. The van der Waals surface area contributed by atoms with Crippen LogP contribution in [-0.4, -0.2) is 17.8 Å². The van der Waals surface area contributed by atoms with Gasteiger partial charge in [0, 0.05) is 12.1 Å². The average Bonchev–Trinajstić information content (AvgIpc) is 2.25. The Bertz CT molecular complexity index is 376. The van der Waals surface area contributed by atoms with Crippen molar-refractivity contribution in [1.29, 1.82) is 0 Å². The van der Waals surface area contributed by atoms with Gasteiger partial charge in [-0.05, 0) is 31.4 Å². The molecule has 0 aromatic heterocycles. The molecule has 2 nitrogen and oxygen atoms in total. The predicted octanol–water partition coefficient (Wildman–Crippen LogP) is 3.38. The molecule has 0 fully saturated rings. The fourth-order valence-corrected chi connectivity index (χ4v) is 2.12. The summed E-state index contributed by atoms with van der Waals surface area (Å²) in [5.74, 6) is 0.497. The van der Waals surface area contributed by atoms with Gasteiger partial charge in [-0.2, -0.15) is 0 Å². The van der Waals surface area contributed by atoms with Crippen molar-refractivity contribution in [2.24, 2.45) is 5.92 Å². The number of hydrogen-bond donors (Lipinski definition) is 1. The lowest BCUT2D eigenvalue weighted by molar-refractivity contribution is 0.0953. The van der Waals surface area contributed by atoms with Crippen LogP contribution < -0.4 is 5.32 Å². The van der Waals surface area contributed by atoms with Crippen molar-refractivity contribution < 1.29 is 4.79 Å². The first-order valence-electron chi connectivity index (χ1n) is 5.98. The van der Waals surface area contributed by atoms with Gasteiger partial charge in [0.05, 0.1) is 5.38 Å². The van der Waals surface area contributed by atoms with E-state index in [0.29, 0.717) is 18.0 Å². The lowest BCUT2D eigenvalue weighted by Crippen LogP contribution is -2.30. The van der Waals surface area contributed by atoms with Crippen LogP contribution in [0.15, 0.2) is 24.3 Å². The highest BCUT2D eigenvalue weighted by molar-refractivity contribution is 6.20. The Morgan fingerprint density at radius 2 is 2.12 bits per heavy atom. The fourth-order valence-electron chi connectivity index (χ4n) is 1.69. The van der Waals surface area contributed by atoms with Crippen molar-refractivity contribution in [2.45, 2.75) is 32.6 Å². The summed E-state index contributed by atoms with van der Waals surface area (Å²) in [4.78, 5) is 11.8. The van der Waals surface area contributed by atoms with Crippen molar-refractivity contribution in [3.05, 3.63) is 35.4 Å². The van der Waals surface area contributed by atoms with Crippen LogP contribution in [0, 0.1) is 12.8 Å². The Labute approximate surface area is 108 Å². The summed E-state index contributed by atoms with van der Waals surface area (Å²) in [6.07, 6.45) is 0.912. The van der Waals surface area contributed by atoms with Crippen LogP contribution in [0.4, 0.5) is 0 Å². The number of nitrogens with one attached hydrogen (secondary N) is 1. The molecule has 1 aromatic rings. The third-order valence-electron chi connectivity index (χ3n) is 2.49. The second kappa shape index (κ2) is 6.65. The van der Waals surface area contributed by atoms with Crippen LogP contribution in [0.3, 0.4) is 0 Å². The molecule has 0 saturated carbocycles. The smallest absolute Gasteiger partial charge is 0.251 e. The molecule has 17 heavy (non-hydrogen) atoms. The molecule has 3 heteroatoms. The molecule has 1 unspecified atom stereocenters. The Morgan fingerprint density at radius 1 is 1.41 bits per heavy atom. The number of halogens is 1. The molecule has 0 bridgehead atoms. The molecule has 0 spiro atoms. The van der Waals surface area contributed by atoms with E-state index in [1.54, 1.807) is 0 Å². The second-order valence-electron chi connectivity index (χ2n) is 4.81. The number of alkyl halides is 1. The van der Waals surface area contributed by atoms with Crippen LogP contribution in [0.1, 0.15) is 36.2 Å². The molecule has 94 valence electrons. The number of carbonyl (C=O) groups is 1. The van der Waals surface area contributed by atoms with Gasteiger partial charge in [-0.1, -0.05) is 31.5 Å². The maximum absolute atomic E-state index is 11.8. The van der Waals surface area contributed by atoms with Gasteiger partial charge in [-0.25, -0.2) is 0 Å². The van der Waals surface area contributed by atoms with Gasteiger partial charge in [0.1, 0.15) is 0 Å². The normalized spacial score (nSPS) is 12.5. The predicted molar refractivity (Wildman–Crippen MR) is 72.6 cm³/mol. The molecule has 0 radical (unpaired) electrons. The zero-order chi connectivity index (χ0) is 12.8. The summed E-state index contributed by atoms with van der Waals surface area (Å²) >= 11 is 6.12. The summed E-state index contributed by atoms with van der Waals surface area (Å²) < 4.78 is 0. The third-order valence-corrected chi connectivity index (χ3v) is 2.82. The van der Waals surface area contributed by atoms with Gasteiger partial charge in [-0.15, -0.1) is 11.6 Å². The van der Waals surface area contributed by atoms with Crippen molar-refractivity contribution in [3.8, 4) is 0 Å². The lowest BCUT2D eigenvalue weighted by Gasteiger charge is -2.13. The molecule has 0 aliphatic carbocycles. The summed E-state index contributed by atoms with van der Waals surface area (Å²) in [5, 5.41) is 2.86. The standard InChI is InChI=1S/C14H20ClNO/c1-10(2)7-13(15)9-16-14(17)12-6-4-5-11(3)8-12/h4-6,8,10,13H,7,9H2,1-3H3,(H,16,17). The van der Waals surface area contributed by atoms with Crippen LogP contribution in [0.25, 0.3) is 0 Å². The van der Waals surface area contributed by atoms with Gasteiger partial charge < -0.3 is 5.32 Å². The van der Waals surface area contributed by atoms with Gasteiger partial charge in [-0.3, -0.25) is 4.79 Å². The topological polar surface area (TPSA) is 29.1 Å². The highest BCUT2D eigenvalue weighted by Gasteiger charge is 2.10. The molecule has 0 saturated heterocycles. The zero-order valence-electron chi connectivity index (χ0n) is 10.7. The third kappa shape index (κ3) is 5.22. The summed E-state index contributed by atoms with van der Waals surface area (Å²) in [5.41, 5.74) is 1.78. The van der Waals surface area contributed by atoms with Crippen molar-refractivity contribution in [3.63, 3.8) is 0 Å². The maximum atomic E-state index is 11.8. The number of benzene rings is 1. The van der Waals surface area contributed by atoms with Crippen molar-refractivity contribution in [2.75, 3.05) is 6.54 Å². The minimum absolute atomic E-state index is 0.00348. The van der Waals surface area contributed by atoms with Gasteiger partial charge in [0.15, 0.2) is 0 Å². The maximum Gasteiger partial charge on any atom is 0.251 e. The lowest BCUT2D eigenvalue weighted by atomic mass is 10.1. The van der Waals surface area contributed by atoms with E-state index in [1.165, 1.54) is 0 Å². The van der Waals surface area contributed by atoms with Gasteiger partial charge in [0.25, 0.3) is 5.91 Å². The highest BCUT2D eigenvalue weighted by Crippen LogP contribution is 2.10. The quantitative estimate of drug-likeness (QED) is 0.801. The first-order chi connectivity index (χ1) is 7.99. The fraction of sp³-hybridized carbons (Fsp3) is 0.500. The van der Waals surface area contributed by atoms with Crippen molar-refractivity contribution in [1.82, 2.24) is 5.32 Å². The molecule has 0 heterocycles. The van der Waals surface area contributed by atoms with Crippen LogP contribution in [0.2, 0.25) is 0 Å². The zero-order valence-corrected chi connectivity index (χ0v) is 11.4. The number of rotatable bonds is 5. The van der Waals surface area contributed by atoms with Crippen LogP contribution in [0.5, 0.6) is 0 Å². The van der Waals surface area contributed by atoms with E-state index in [0.717, 1.165) is 12.0 Å². The summed E-state index contributed by atoms with van der Waals surface area (Å²) in [6, 6.07) is 7.55. The van der Waals surface area contributed by atoms with E-state index >= 15 is 0 Å². The first-order valence-corrected chi connectivity index (χ1v) is 6.41. The molecule has 1 aromatic carbocycles. The molecule has 1 N–H and O–H groups in total. The van der Waals surface area contributed by atoms with E-state index in [1.807, 2.05) is 31.2 Å². The van der Waals surface area contributed by atoms with E-state index in [-0.39, 0.29) is 11.3 Å². The molecule has 0 aliphatic heterocycles. The van der Waals surface area contributed by atoms with Crippen LogP contribution in [-0.2, 0) is 0 Å². The average molecular weight is 254 g/mol. The molecular formula is C14H20ClNO.